The van der Waals surface area contributed by atoms with Crippen molar-refractivity contribution in [2.45, 2.75) is 25.3 Å². The molecule has 2 unspecified atom stereocenters. The predicted molar refractivity (Wildman–Crippen MR) is 67.4 cm³/mol. The number of hydrogen-bond donors (Lipinski definition) is 2. The first kappa shape index (κ1) is 12.4. The van der Waals surface area contributed by atoms with Crippen LogP contribution in [0.3, 0.4) is 0 Å². The number of anilines is 1. The molecular formula is C11H17ClN4O. The average molecular weight is 257 g/mol. The van der Waals surface area contributed by atoms with Gasteiger partial charge in [0.15, 0.2) is 5.82 Å². The van der Waals surface area contributed by atoms with E-state index in [4.69, 9.17) is 22.1 Å². The third kappa shape index (κ3) is 3.20. The molecule has 1 aliphatic carbocycles. The van der Waals surface area contributed by atoms with E-state index in [9.17, 15) is 0 Å². The van der Waals surface area contributed by atoms with E-state index >= 15 is 0 Å². The van der Waals surface area contributed by atoms with E-state index in [0.29, 0.717) is 28.8 Å². The predicted octanol–water partition coefficient (Wildman–Crippen LogP) is 1.68. The number of methoxy groups -OCH3 is 1. The Labute approximate surface area is 106 Å². The van der Waals surface area contributed by atoms with Gasteiger partial charge in [-0.25, -0.2) is 4.98 Å². The number of aromatic nitrogens is 2. The molecular weight excluding hydrogens is 240 g/mol. The van der Waals surface area contributed by atoms with Gasteiger partial charge in [0.2, 0.25) is 0 Å². The number of nitrogens with zero attached hydrogens (tertiary/aromatic N) is 2. The van der Waals surface area contributed by atoms with Gasteiger partial charge < -0.3 is 15.8 Å². The maximum absolute atomic E-state index is 6.00. The first-order chi connectivity index (χ1) is 8.19. The highest BCUT2D eigenvalue weighted by Gasteiger charge is 2.21. The molecule has 1 aromatic rings. The topological polar surface area (TPSA) is 73.1 Å². The van der Waals surface area contributed by atoms with Crippen LogP contribution in [0.4, 0.5) is 5.82 Å². The van der Waals surface area contributed by atoms with Crippen molar-refractivity contribution in [2.75, 3.05) is 19.0 Å². The lowest BCUT2D eigenvalue weighted by Crippen LogP contribution is -2.18. The molecule has 0 spiro atoms. The second kappa shape index (κ2) is 5.51. The molecule has 1 heterocycles. The summed E-state index contributed by atoms with van der Waals surface area (Å²) in [5, 5.41) is 3.74. The Kier molecular flexibility index (Phi) is 4.02. The number of nitrogens with two attached hydrogens (primary N) is 1. The smallest absolute Gasteiger partial charge is 0.318 e. The number of rotatable bonds is 4. The highest BCUT2D eigenvalue weighted by atomic mass is 35.5. The fourth-order valence-electron chi connectivity index (χ4n) is 2.11. The lowest BCUT2D eigenvalue weighted by Gasteiger charge is -2.12. The molecule has 0 aliphatic heterocycles. The SMILES string of the molecule is COc1ncc(Cl)c(NCC2CCC(N)C2)n1. The normalized spacial score (nSPS) is 23.7. The fraction of sp³-hybridized carbons (Fsp3) is 0.636. The van der Waals surface area contributed by atoms with Crippen molar-refractivity contribution < 1.29 is 4.74 Å². The van der Waals surface area contributed by atoms with Crippen LogP contribution in [0.5, 0.6) is 6.01 Å². The summed E-state index contributed by atoms with van der Waals surface area (Å²) in [5.41, 5.74) is 5.87. The quantitative estimate of drug-likeness (QED) is 0.858. The third-order valence-electron chi connectivity index (χ3n) is 3.04. The molecule has 1 aromatic heterocycles. The van der Waals surface area contributed by atoms with E-state index in [1.165, 1.54) is 13.3 Å². The largest absolute Gasteiger partial charge is 0.467 e. The molecule has 0 saturated heterocycles. The Balaban J connectivity index is 1.94. The van der Waals surface area contributed by atoms with Crippen LogP contribution in [0.25, 0.3) is 0 Å². The zero-order chi connectivity index (χ0) is 12.3. The molecule has 94 valence electrons. The molecule has 0 radical (unpaired) electrons. The van der Waals surface area contributed by atoms with Gasteiger partial charge in [-0.2, -0.15) is 4.98 Å². The summed E-state index contributed by atoms with van der Waals surface area (Å²) in [7, 11) is 1.53. The van der Waals surface area contributed by atoms with Gasteiger partial charge in [-0.05, 0) is 25.2 Å². The maximum atomic E-state index is 6.00. The van der Waals surface area contributed by atoms with E-state index in [0.717, 1.165) is 25.8 Å². The van der Waals surface area contributed by atoms with E-state index in [-0.39, 0.29) is 0 Å². The van der Waals surface area contributed by atoms with Crippen molar-refractivity contribution >= 4 is 17.4 Å². The standard InChI is InChI=1S/C11H17ClN4O/c1-17-11-15-6-9(12)10(16-11)14-5-7-2-3-8(13)4-7/h6-8H,2-5,13H2,1H3,(H,14,15,16). The van der Waals surface area contributed by atoms with Crippen LogP contribution in [-0.4, -0.2) is 29.7 Å². The Morgan fingerprint density at radius 2 is 2.41 bits per heavy atom. The first-order valence-corrected chi connectivity index (χ1v) is 6.13. The Morgan fingerprint density at radius 3 is 3.06 bits per heavy atom. The molecule has 1 aliphatic rings. The van der Waals surface area contributed by atoms with Gasteiger partial charge in [0, 0.05) is 12.6 Å². The summed E-state index contributed by atoms with van der Waals surface area (Å²) in [5.74, 6) is 1.22. The minimum absolute atomic E-state index is 0.319. The van der Waals surface area contributed by atoms with Gasteiger partial charge in [-0.15, -0.1) is 0 Å². The molecule has 1 fully saturated rings. The van der Waals surface area contributed by atoms with E-state index in [1.807, 2.05) is 0 Å². The molecule has 6 heteroatoms. The van der Waals surface area contributed by atoms with Crippen molar-refractivity contribution in [2.24, 2.45) is 11.7 Å². The third-order valence-corrected chi connectivity index (χ3v) is 3.32. The monoisotopic (exact) mass is 256 g/mol. The molecule has 17 heavy (non-hydrogen) atoms. The second-order valence-electron chi connectivity index (χ2n) is 4.37. The summed E-state index contributed by atoms with van der Waals surface area (Å²) in [6, 6.07) is 0.664. The maximum Gasteiger partial charge on any atom is 0.318 e. The van der Waals surface area contributed by atoms with Crippen LogP contribution in [0.1, 0.15) is 19.3 Å². The first-order valence-electron chi connectivity index (χ1n) is 5.75. The fourth-order valence-corrected chi connectivity index (χ4v) is 2.27. The van der Waals surface area contributed by atoms with Crippen molar-refractivity contribution in [1.82, 2.24) is 9.97 Å². The molecule has 0 bridgehead atoms. The lowest BCUT2D eigenvalue weighted by atomic mass is 10.1. The summed E-state index contributed by atoms with van der Waals surface area (Å²) < 4.78 is 4.96. The van der Waals surface area contributed by atoms with E-state index < -0.39 is 0 Å². The van der Waals surface area contributed by atoms with E-state index in [2.05, 4.69) is 15.3 Å². The highest BCUT2D eigenvalue weighted by molar-refractivity contribution is 6.32. The zero-order valence-electron chi connectivity index (χ0n) is 9.82. The van der Waals surface area contributed by atoms with Crippen LogP contribution in [-0.2, 0) is 0 Å². The van der Waals surface area contributed by atoms with Crippen LogP contribution in [0.2, 0.25) is 5.02 Å². The minimum Gasteiger partial charge on any atom is -0.467 e. The molecule has 2 atom stereocenters. The van der Waals surface area contributed by atoms with Crippen LogP contribution >= 0.6 is 11.6 Å². The molecule has 0 amide bonds. The van der Waals surface area contributed by atoms with Crippen LogP contribution in [0, 0.1) is 5.92 Å². The molecule has 1 saturated carbocycles. The van der Waals surface area contributed by atoms with Gasteiger partial charge in [0.05, 0.1) is 13.3 Å². The number of halogens is 1. The van der Waals surface area contributed by atoms with Gasteiger partial charge in [-0.3, -0.25) is 0 Å². The van der Waals surface area contributed by atoms with Gasteiger partial charge in [-0.1, -0.05) is 11.6 Å². The summed E-state index contributed by atoms with van der Waals surface area (Å²) in [6.07, 6.45) is 4.87. The zero-order valence-corrected chi connectivity index (χ0v) is 10.6. The number of ether oxygens (including phenoxy) is 1. The Morgan fingerprint density at radius 1 is 1.59 bits per heavy atom. The van der Waals surface area contributed by atoms with Crippen molar-refractivity contribution in [1.29, 1.82) is 0 Å². The average Bonchev–Trinajstić information content (AvgIpc) is 2.74. The number of nitrogens with one attached hydrogen (secondary N) is 1. The minimum atomic E-state index is 0.319. The highest BCUT2D eigenvalue weighted by Crippen LogP contribution is 2.26. The van der Waals surface area contributed by atoms with Crippen molar-refractivity contribution in [3.8, 4) is 6.01 Å². The summed E-state index contributed by atoms with van der Waals surface area (Å²) in [4.78, 5) is 8.09. The molecule has 0 aromatic carbocycles. The molecule has 5 nitrogen and oxygen atoms in total. The van der Waals surface area contributed by atoms with Gasteiger partial charge in [0.25, 0.3) is 0 Å². The molecule has 3 N–H and O–H groups in total. The summed E-state index contributed by atoms with van der Waals surface area (Å²) in [6.45, 7) is 0.841. The Hall–Kier alpha value is -1.07. The number of hydrogen-bond acceptors (Lipinski definition) is 5. The second-order valence-corrected chi connectivity index (χ2v) is 4.78. The van der Waals surface area contributed by atoms with Crippen LogP contribution < -0.4 is 15.8 Å². The van der Waals surface area contributed by atoms with Crippen LogP contribution in [0.15, 0.2) is 6.20 Å². The molecule has 2 rings (SSSR count). The van der Waals surface area contributed by atoms with Crippen molar-refractivity contribution in [3.05, 3.63) is 11.2 Å². The van der Waals surface area contributed by atoms with Gasteiger partial charge in [0.1, 0.15) is 5.02 Å². The van der Waals surface area contributed by atoms with E-state index in [1.54, 1.807) is 0 Å². The lowest BCUT2D eigenvalue weighted by molar-refractivity contribution is 0.380. The Bertz CT molecular complexity index is 388. The summed E-state index contributed by atoms with van der Waals surface area (Å²) >= 11 is 6.00. The van der Waals surface area contributed by atoms with Crippen molar-refractivity contribution in [3.63, 3.8) is 0 Å². The van der Waals surface area contributed by atoms with Gasteiger partial charge >= 0.3 is 6.01 Å².